The Hall–Kier alpha value is -2.90. The Labute approximate surface area is 177 Å². The highest BCUT2D eigenvalue weighted by Crippen LogP contribution is 2.16. The fourth-order valence-electron chi connectivity index (χ4n) is 3.68. The number of anilines is 1. The summed E-state index contributed by atoms with van der Waals surface area (Å²) in [6.07, 6.45) is 0. The summed E-state index contributed by atoms with van der Waals surface area (Å²) in [4.78, 5) is 28.9. The zero-order valence-corrected chi connectivity index (χ0v) is 17.6. The van der Waals surface area contributed by atoms with E-state index < -0.39 is 6.04 Å². The Morgan fingerprint density at radius 2 is 1.77 bits per heavy atom. The van der Waals surface area contributed by atoms with Crippen molar-refractivity contribution >= 4 is 17.5 Å². The van der Waals surface area contributed by atoms with Gasteiger partial charge in [0.25, 0.3) is 11.8 Å². The third kappa shape index (κ3) is 5.58. The van der Waals surface area contributed by atoms with E-state index in [0.29, 0.717) is 38.5 Å². The van der Waals surface area contributed by atoms with Crippen LogP contribution in [0, 0.1) is 0 Å². The lowest BCUT2D eigenvalue weighted by Gasteiger charge is -2.33. The van der Waals surface area contributed by atoms with Gasteiger partial charge in [0.1, 0.15) is 5.75 Å². The molecule has 0 bridgehead atoms. The van der Waals surface area contributed by atoms with Crippen molar-refractivity contribution in [2.45, 2.75) is 13.0 Å². The van der Waals surface area contributed by atoms with E-state index in [0.717, 1.165) is 16.2 Å². The van der Waals surface area contributed by atoms with Crippen molar-refractivity contribution in [1.29, 1.82) is 0 Å². The number of rotatable bonds is 8. The Balaban J connectivity index is 1.75. The van der Waals surface area contributed by atoms with Crippen molar-refractivity contribution in [2.24, 2.45) is 0 Å². The average Bonchev–Trinajstić information content (AvgIpc) is 2.80. The Kier molecular flexibility index (Phi) is 7.82. The number of benzene rings is 2. The van der Waals surface area contributed by atoms with Crippen LogP contribution in [0.1, 0.15) is 18.5 Å². The van der Waals surface area contributed by atoms with E-state index in [1.54, 1.807) is 31.4 Å². The van der Waals surface area contributed by atoms with E-state index >= 15 is 0 Å². The molecular weight excluding hydrogens is 382 g/mol. The number of carbonyl (C=O) groups is 2. The number of hydrogen-bond acceptors (Lipinski definition) is 4. The minimum absolute atomic E-state index is 0.0404. The highest BCUT2D eigenvalue weighted by molar-refractivity contribution is 5.91. The van der Waals surface area contributed by atoms with Gasteiger partial charge in [-0.25, -0.2) is 0 Å². The minimum Gasteiger partial charge on any atom is -0.497 e. The van der Waals surface area contributed by atoms with Crippen molar-refractivity contribution in [1.82, 2.24) is 4.90 Å². The highest BCUT2D eigenvalue weighted by atomic mass is 16.5. The second-order valence-electron chi connectivity index (χ2n) is 7.25. The summed E-state index contributed by atoms with van der Waals surface area (Å²) < 4.78 is 10.5. The summed E-state index contributed by atoms with van der Waals surface area (Å²) in [7, 11) is 1.60. The second kappa shape index (κ2) is 10.8. The van der Waals surface area contributed by atoms with Crippen LogP contribution in [-0.2, 0) is 14.3 Å². The number of carbonyl (C=O) groups excluding carboxylic acids is 2. The van der Waals surface area contributed by atoms with E-state index in [-0.39, 0.29) is 18.4 Å². The van der Waals surface area contributed by atoms with Crippen LogP contribution in [0.2, 0.25) is 0 Å². The lowest BCUT2D eigenvalue weighted by Crippen LogP contribution is -3.14. The molecule has 0 radical (unpaired) electrons. The zero-order valence-electron chi connectivity index (χ0n) is 17.6. The third-order valence-corrected chi connectivity index (χ3v) is 5.33. The maximum Gasteiger partial charge on any atom is 0.285 e. The topological polar surface area (TPSA) is 72.3 Å². The fraction of sp³-hybridized carbons (Fsp3) is 0.391. The molecule has 2 amide bonds. The van der Waals surface area contributed by atoms with Crippen LogP contribution in [0.3, 0.4) is 0 Å². The Bertz CT molecular complexity index is 820. The van der Waals surface area contributed by atoms with Crippen molar-refractivity contribution < 1.29 is 24.0 Å². The molecule has 0 aromatic heterocycles. The van der Waals surface area contributed by atoms with Gasteiger partial charge in [-0.05, 0) is 31.2 Å². The van der Waals surface area contributed by atoms with E-state index in [4.69, 9.17) is 9.47 Å². The lowest BCUT2D eigenvalue weighted by molar-refractivity contribution is -0.912. The SMILES string of the molecule is CC[NH+](CC(=O)Nc1ccc(OC)cc1)[C@H](C(=O)N1CCOCC1)c1ccccc1. The number of methoxy groups -OCH3 is 1. The van der Waals surface area contributed by atoms with Crippen molar-refractivity contribution in [2.75, 3.05) is 51.8 Å². The van der Waals surface area contributed by atoms with Gasteiger partial charge in [0.05, 0.1) is 26.9 Å². The zero-order chi connectivity index (χ0) is 21.3. The highest BCUT2D eigenvalue weighted by Gasteiger charge is 2.35. The van der Waals surface area contributed by atoms with Crippen LogP contribution in [0.25, 0.3) is 0 Å². The summed E-state index contributed by atoms with van der Waals surface area (Å²) in [5, 5.41) is 2.92. The molecule has 7 heteroatoms. The van der Waals surface area contributed by atoms with E-state index in [2.05, 4.69) is 5.32 Å². The molecule has 160 valence electrons. The fourth-order valence-corrected chi connectivity index (χ4v) is 3.68. The molecule has 1 unspecified atom stereocenters. The van der Waals surface area contributed by atoms with Gasteiger partial charge in [0, 0.05) is 24.3 Å². The van der Waals surface area contributed by atoms with Crippen LogP contribution in [0.5, 0.6) is 5.75 Å². The molecule has 1 heterocycles. The largest absolute Gasteiger partial charge is 0.497 e. The van der Waals surface area contributed by atoms with Crippen LogP contribution in [-0.4, -0.2) is 63.2 Å². The van der Waals surface area contributed by atoms with Gasteiger partial charge in [0.15, 0.2) is 12.6 Å². The molecule has 2 N–H and O–H groups in total. The van der Waals surface area contributed by atoms with Crippen molar-refractivity contribution in [3.63, 3.8) is 0 Å². The molecule has 1 aliphatic heterocycles. The van der Waals surface area contributed by atoms with Crippen LogP contribution < -0.4 is 15.0 Å². The maximum atomic E-state index is 13.4. The van der Waals surface area contributed by atoms with Gasteiger partial charge >= 0.3 is 0 Å². The average molecular weight is 413 g/mol. The monoisotopic (exact) mass is 412 g/mol. The molecule has 7 nitrogen and oxygen atoms in total. The molecule has 1 saturated heterocycles. The van der Waals surface area contributed by atoms with Crippen LogP contribution in [0.15, 0.2) is 54.6 Å². The number of quaternary nitrogens is 1. The number of amides is 2. The van der Waals surface area contributed by atoms with Crippen LogP contribution in [0.4, 0.5) is 5.69 Å². The first-order valence-electron chi connectivity index (χ1n) is 10.3. The lowest BCUT2D eigenvalue weighted by atomic mass is 10.0. The number of ether oxygens (including phenoxy) is 2. The van der Waals surface area contributed by atoms with Gasteiger partial charge in [0.2, 0.25) is 0 Å². The first kappa shape index (κ1) is 21.8. The number of nitrogens with zero attached hydrogens (tertiary/aromatic N) is 1. The number of nitrogens with one attached hydrogen (secondary N) is 2. The molecule has 0 spiro atoms. The van der Waals surface area contributed by atoms with Crippen LogP contribution >= 0.6 is 0 Å². The van der Waals surface area contributed by atoms with Gasteiger partial charge < -0.3 is 24.6 Å². The van der Waals surface area contributed by atoms with Gasteiger partial charge in [-0.1, -0.05) is 30.3 Å². The normalized spacial score (nSPS) is 15.9. The first-order chi connectivity index (χ1) is 14.6. The maximum absolute atomic E-state index is 13.4. The van der Waals surface area contributed by atoms with Gasteiger partial charge in [-0.2, -0.15) is 0 Å². The van der Waals surface area contributed by atoms with E-state index in [1.807, 2.05) is 42.2 Å². The second-order valence-corrected chi connectivity index (χ2v) is 7.25. The molecule has 0 saturated carbocycles. The van der Waals surface area contributed by atoms with Crippen molar-refractivity contribution in [3.05, 3.63) is 60.2 Å². The molecule has 0 aliphatic carbocycles. The predicted octanol–water partition coefficient (Wildman–Crippen LogP) is 1.14. The summed E-state index contributed by atoms with van der Waals surface area (Å²) in [5.74, 6) is 0.639. The van der Waals surface area contributed by atoms with Crippen molar-refractivity contribution in [3.8, 4) is 5.75 Å². The Morgan fingerprint density at radius 1 is 1.10 bits per heavy atom. The van der Waals surface area contributed by atoms with Gasteiger partial charge in [-0.15, -0.1) is 0 Å². The summed E-state index contributed by atoms with van der Waals surface area (Å²) >= 11 is 0. The summed E-state index contributed by atoms with van der Waals surface area (Å²) in [6.45, 7) is 5.09. The van der Waals surface area contributed by atoms with Gasteiger partial charge in [-0.3, -0.25) is 9.59 Å². The first-order valence-corrected chi connectivity index (χ1v) is 10.3. The molecule has 2 aromatic rings. The summed E-state index contributed by atoms with van der Waals surface area (Å²) in [5.41, 5.74) is 1.62. The minimum atomic E-state index is -0.434. The summed E-state index contributed by atoms with van der Waals surface area (Å²) in [6, 6.07) is 16.5. The number of morpholine rings is 1. The predicted molar refractivity (Wildman–Crippen MR) is 115 cm³/mol. The smallest absolute Gasteiger partial charge is 0.285 e. The molecular formula is C23H30N3O4+. The molecule has 1 fully saturated rings. The number of likely N-dealkylation sites (N-methyl/N-ethyl adjacent to an activating group) is 1. The standard InChI is InChI=1S/C23H29N3O4/c1-3-25(17-21(27)24-19-9-11-20(29-2)12-10-19)22(18-7-5-4-6-8-18)23(28)26-13-15-30-16-14-26/h4-12,22H,3,13-17H2,1-2H3,(H,24,27)/p+1/t22-/m0/s1. The molecule has 2 atom stereocenters. The molecule has 1 aliphatic rings. The molecule has 2 aromatic carbocycles. The molecule has 30 heavy (non-hydrogen) atoms. The van der Waals surface area contributed by atoms with E-state index in [9.17, 15) is 9.59 Å². The third-order valence-electron chi connectivity index (χ3n) is 5.33. The molecule has 3 rings (SSSR count). The quantitative estimate of drug-likeness (QED) is 0.682. The Morgan fingerprint density at radius 3 is 2.37 bits per heavy atom. The van der Waals surface area contributed by atoms with E-state index in [1.165, 1.54) is 0 Å². The number of hydrogen-bond donors (Lipinski definition) is 2.